The van der Waals surface area contributed by atoms with Crippen LogP contribution in [-0.4, -0.2) is 23.6 Å². The molecule has 0 aliphatic heterocycles. The van der Waals surface area contributed by atoms with Gasteiger partial charge in [-0.15, -0.1) is 0 Å². The van der Waals surface area contributed by atoms with Gasteiger partial charge in [0.05, 0.1) is 30.8 Å². The molecular formula is C22H18N2O2. The Morgan fingerprint density at radius 2 is 1.54 bits per heavy atom. The Bertz CT molecular complexity index is 1250. The molecule has 0 radical (unpaired) electrons. The van der Waals surface area contributed by atoms with E-state index in [1.54, 1.807) is 14.2 Å². The Morgan fingerprint density at radius 3 is 2.31 bits per heavy atom. The highest BCUT2D eigenvalue weighted by atomic mass is 16.5. The van der Waals surface area contributed by atoms with Crippen LogP contribution in [0.2, 0.25) is 0 Å². The fourth-order valence-electron chi connectivity index (χ4n) is 3.60. The third-order valence-electron chi connectivity index (χ3n) is 4.98. The molecule has 0 saturated carbocycles. The number of hydrogen-bond donors (Lipinski definition) is 1. The minimum Gasteiger partial charge on any atom is -0.497 e. The lowest BCUT2D eigenvalue weighted by Crippen LogP contribution is -1.82. The van der Waals surface area contributed by atoms with Crippen molar-refractivity contribution in [2.75, 3.05) is 14.2 Å². The van der Waals surface area contributed by atoms with Crippen molar-refractivity contribution in [1.82, 2.24) is 9.38 Å². The van der Waals surface area contributed by atoms with E-state index in [-0.39, 0.29) is 0 Å². The number of H-pyrrole nitrogens is 1. The summed E-state index contributed by atoms with van der Waals surface area (Å²) in [4.78, 5) is 3.56. The van der Waals surface area contributed by atoms with Crippen LogP contribution in [0.25, 0.3) is 38.4 Å². The zero-order valence-corrected chi connectivity index (χ0v) is 14.6. The third-order valence-corrected chi connectivity index (χ3v) is 4.98. The summed E-state index contributed by atoms with van der Waals surface area (Å²) in [5.41, 5.74) is 5.72. The van der Waals surface area contributed by atoms with Crippen LogP contribution in [0, 0.1) is 0 Å². The van der Waals surface area contributed by atoms with E-state index >= 15 is 0 Å². The molecule has 2 aromatic carbocycles. The molecule has 0 amide bonds. The molecule has 0 aliphatic rings. The molecule has 0 aliphatic carbocycles. The van der Waals surface area contributed by atoms with E-state index in [2.05, 4.69) is 52.1 Å². The fourth-order valence-corrected chi connectivity index (χ4v) is 3.60. The van der Waals surface area contributed by atoms with E-state index in [0.29, 0.717) is 0 Å². The van der Waals surface area contributed by atoms with Crippen molar-refractivity contribution in [3.8, 4) is 22.6 Å². The average Bonchev–Trinajstić information content (AvgIpc) is 3.28. The van der Waals surface area contributed by atoms with Gasteiger partial charge in [-0.25, -0.2) is 0 Å². The summed E-state index contributed by atoms with van der Waals surface area (Å²) in [7, 11) is 3.37. The second kappa shape index (κ2) is 5.56. The molecule has 128 valence electrons. The van der Waals surface area contributed by atoms with Crippen molar-refractivity contribution < 1.29 is 9.47 Å². The van der Waals surface area contributed by atoms with E-state index in [0.717, 1.165) is 28.0 Å². The van der Waals surface area contributed by atoms with Crippen LogP contribution in [0.5, 0.6) is 11.5 Å². The summed E-state index contributed by atoms with van der Waals surface area (Å²) >= 11 is 0. The number of nitrogens with one attached hydrogen (secondary N) is 1. The molecule has 0 saturated heterocycles. The summed E-state index contributed by atoms with van der Waals surface area (Å²) in [5, 5.41) is 2.42. The van der Waals surface area contributed by atoms with Gasteiger partial charge in [-0.1, -0.05) is 12.1 Å². The van der Waals surface area contributed by atoms with Crippen LogP contribution in [0.15, 0.2) is 67.0 Å². The predicted octanol–water partition coefficient (Wildman–Crippen LogP) is 5.26. The van der Waals surface area contributed by atoms with Crippen molar-refractivity contribution in [3.63, 3.8) is 0 Å². The Kier molecular flexibility index (Phi) is 3.19. The van der Waals surface area contributed by atoms with Gasteiger partial charge in [-0.05, 0) is 42.0 Å². The number of nitrogens with zero attached hydrogens (tertiary/aromatic N) is 1. The van der Waals surface area contributed by atoms with Crippen molar-refractivity contribution in [1.29, 1.82) is 0 Å². The molecule has 0 atom stereocenters. The minimum absolute atomic E-state index is 0.856. The lowest BCUT2D eigenvalue weighted by Gasteiger charge is -2.00. The number of fused-ring (bicyclic) bond motifs is 5. The highest BCUT2D eigenvalue weighted by Crippen LogP contribution is 2.33. The first-order chi connectivity index (χ1) is 12.8. The highest BCUT2D eigenvalue weighted by Gasteiger charge is 2.11. The van der Waals surface area contributed by atoms with E-state index in [4.69, 9.17) is 9.47 Å². The molecule has 4 nitrogen and oxygen atoms in total. The van der Waals surface area contributed by atoms with E-state index in [1.807, 2.05) is 24.3 Å². The zero-order chi connectivity index (χ0) is 17.7. The number of ether oxygens (including phenoxy) is 2. The Labute approximate surface area is 150 Å². The summed E-state index contributed by atoms with van der Waals surface area (Å²) in [6.45, 7) is 0. The number of aromatic nitrogens is 2. The fraction of sp³-hybridized carbons (Fsp3) is 0.0909. The van der Waals surface area contributed by atoms with Gasteiger partial charge in [0.15, 0.2) is 0 Å². The van der Waals surface area contributed by atoms with E-state index in [9.17, 15) is 0 Å². The molecule has 3 aromatic heterocycles. The van der Waals surface area contributed by atoms with Crippen LogP contribution in [-0.2, 0) is 0 Å². The van der Waals surface area contributed by atoms with Gasteiger partial charge in [0.25, 0.3) is 0 Å². The number of benzene rings is 2. The van der Waals surface area contributed by atoms with Gasteiger partial charge in [-0.2, -0.15) is 0 Å². The normalized spacial score (nSPS) is 11.5. The second-order valence-corrected chi connectivity index (χ2v) is 6.39. The number of aromatic amines is 1. The number of rotatable bonds is 3. The third kappa shape index (κ3) is 2.15. The smallest absolute Gasteiger partial charge is 0.120 e. The van der Waals surface area contributed by atoms with Gasteiger partial charge >= 0.3 is 0 Å². The molecule has 0 spiro atoms. The molecule has 5 aromatic rings. The Hall–Kier alpha value is -3.40. The lowest BCUT2D eigenvalue weighted by atomic mass is 10.1. The Balaban J connectivity index is 1.72. The molecule has 1 N–H and O–H groups in total. The van der Waals surface area contributed by atoms with Crippen molar-refractivity contribution >= 4 is 27.3 Å². The first kappa shape index (κ1) is 14.9. The summed E-state index contributed by atoms with van der Waals surface area (Å²) in [5.74, 6) is 1.72. The second-order valence-electron chi connectivity index (χ2n) is 6.39. The molecule has 26 heavy (non-hydrogen) atoms. The van der Waals surface area contributed by atoms with Crippen molar-refractivity contribution in [2.24, 2.45) is 0 Å². The number of methoxy groups -OCH3 is 2. The molecule has 0 unspecified atom stereocenters. The largest absolute Gasteiger partial charge is 0.497 e. The maximum atomic E-state index is 5.35. The number of pyridine rings is 1. The zero-order valence-electron chi connectivity index (χ0n) is 14.6. The van der Waals surface area contributed by atoms with Crippen LogP contribution < -0.4 is 9.47 Å². The van der Waals surface area contributed by atoms with Crippen LogP contribution in [0.4, 0.5) is 0 Å². The quantitative estimate of drug-likeness (QED) is 0.486. The molecule has 0 fully saturated rings. The van der Waals surface area contributed by atoms with E-state index in [1.165, 1.54) is 21.9 Å². The van der Waals surface area contributed by atoms with Crippen molar-refractivity contribution in [2.45, 2.75) is 0 Å². The Morgan fingerprint density at radius 1 is 0.769 bits per heavy atom. The minimum atomic E-state index is 0.856. The van der Waals surface area contributed by atoms with Crippen molar-refractivity contribution in [3.05, 3.63) is 67.0 Å². The molecule has 3 heterocycles. The summed E-state index contributed by atoms with van der Waals surface area (Å²) in [6.07, 6.45) is 4.27. The number of hydrogen-bond acceptors (Lipinski definition) is 2. The SMILES string of the molecule is COc1ccc(-c2cc3c4[nH]c5cc(OC)ccc5c4ccn3c2)cc1. The molecule has 0 bridgehead atoms. The first-order valence-corrected chi connectivity index (χ1v) is 8.51. The van der Waals surface area contributed by atoms with Gasteiger partial charge in [0.1, 0.15) is 11.5 Å². The van der Waals surface area contributed by atoms with Crippen LogP contribution in [0.3, 0.4) is 0 Å². The highest BCUT2D eigenvalue weighted by molar-refractivity contribution is 6.12. The predicted molar refractivity (Wildman–Crippen MR) is 105 cm³/mol. The maximum absolute atomic E-state index is 5.35. The monoisotopic (exact) mass is 342 g/mol. The van der Waals surface area contributed by atoms with Gasteiger partial charge in [0, 0.05) is 34.8 Å². The average molecular weight is 342 g/mol. The molecule has 4 heteroatoms. The maximum Gasteiger partial charge on any atom is 0.120 e. The topological polar surface area (TPSA) is 38.7 Å². The summed E-state index contributed by atoms with van der Waals surface area (Å²) < 4.78 is 12.8. The van der Waals surface area contributed by atoms with Crippen LogP contribution >= 0.6 is 0 Å². The van der Waals surface area contributed by atoms with E-state index < -0.39 is 0 Å². The first-order valence-electron chi connectivity index (χ1n) is 8.51. The molecular weight excluding hydrogens is 324 g/mol. The van der Waals surface area contributed by atoms with Gasteiger partial charge in [0.2, 0.25) is 0 Å². The standard InChI is InChI=1S/C22H18N2O2/c1-25-16-5-3-14(4-6-16)15-11-21-22-19(9-10-24(21)13-15)18-8-7-17(26-2)12-20(18)23-22/h3-13,23H,1-2H3. The van der Waals surface area contributed by atoms with Gasteiger partial charge in [-0.3, -0.25) is 0 Å². The lowest BCUT2D eigenvalue weighted by molar-refractivity contribution is 0.415. The van der Waals surface area contributed by atoms with Gasteiger partial charge < -0.3 is 18.9 Å². The summed E-state index contributed by atoms with van der Waals surface area (Å²) in [6, 6.07) is 18.7. The van der Waals surface area contributed by atoms with Crippen LogP contribution in [0.1, 0.15) is 0 Å². The molecule has 5 rings (SSSR count).